The van der Waals surface area contributed by atoms with Crippen LogP contribution in [0.2, 0.25) is 5.02 Å². The number of nitrogens with one attached hydrogen (secondary N) is 1. The fourth-order valence-corrected chi connectivity index (χ4v) is 4.12. The zero-order valence-electron chi connectivity index (χ0n) is 17.0. The van der Waals surface area contributed by atoms with Crippen molar-refractivity contribution in [3.8, 4) is 0 Å². The Kier molecular flexibility index (Phi) is 6.07. The molecular weight excluding hydrogens is 415 g/mol. The van der Waals surface area contributed by atoms with Crippen LogP contribution in [-0.4, -0.2) is 15.6 Å². The van der Waals surface area contributed by atoms with E-state index in [-0.39, 0.29) is 23.3 Å². The largest absolute Gasteiger partial charge is 0.477 e. The predicted octanol–water partition coefficient (Wildman–Crippen LogP) is 6.03. The maximum atomic E-state index is 13.5. The number of nitrogens with zero attached hydrogens (tertiary/aromatic N) is 1. The number of fused-ring (bicyclic) bond motifs is 1. The molecule has 2 N–H and O–H groups in total. The second-order valence-electron chi connectivity index (χ2n) is 7.48. The SMILES string of the molecule is C[C@H](NCc1c(C(=O)O)n(Cc2ccc(F)cc2Cl)c2ccccc12)c1ccccc1. The summed E-state index contributed by atoms with van der Waals surface area (Å²) in [5.41, 5.74) is 3.49. The molecule has 0 spiro atoms. The number of para-hydroxylation sites is 1. The maximum Gasteiger partial charge on any atom is 0.352 e. The van der Waals surface area contributed by atoms with Crippen LogP contribution in [0.1, 0.15) is 40.1 Å². The van der Waals surface area contributed by atoms with E-state index < -0.39 is 11.8 Å². The van der Waals surface area contributed by atoms with Crippen LogP contribution in [0.5, 0.6) is 0 Å². The molecule has 31 heavy (non-hydrogen) atoms. The third kappa shape index (κ3) is 4.33. The lowest BCUT2D eigenvalue weighted by Gasteiger charge is -2.15. The minimum absolute atomic E-state index is 0.0523. The van der Waals surface area contributed by atoms with Gasteiger partial charge >= 0.3 is 5.97 Å². The summed E-state index contributed by atoms with van der Waals surface area (Å²) in [6, 6.07) is 21.8. The number of hydrogen-bond donors (Lipinski definition) is 2. The number of hydrogen-bond acceptors (Lipinski definition) is 2. The summed E-state index contributed by atoms with van der Waals surface area (Å²) in [5, 5.41) is 14.7. The highest BCUT2D eigenvalue weighted by Crippen LogP contribution is 2.29. The van der Waals surface area contributed by atoms with Crippen molar-refractivity contribution in [1.82, 2.24) is 9.88 Å². The number of carboxylic acids is 1. The van der Waals surface area contributed by atoms with Crippen molar-refractivity contribution in [3.05, 3.63) is 106 Å². The van der Waals surface area contributed by atoms with Crippen LogP contribution in [0.4, 0.5) is 4.39 Å². The minimum Gasteiger partial charge on any atom is -0.477 e. The number of rotatable bonds is 7. The van der Waals surface area contributed by atoms with Gasteiger partial charge in [-0.3, -0.25) is 0 Å². The maximum absolute atomic E-state index is 13.5. The van der Waals surface area contributed by atoms with Gasteiger partial charge in [-0.05, 0) is 36.2 Å². The third-order valence-electron chi connectivity index (χ3n) is 5.51. The molecule has 0 aliphatic carbocycles. The van der Waals surface area contributed by atoms with Gasteiger partial charge in [0.1, 0.15) is 11.5 Å². The van der Waals surface area contributed by atoms with E-state index in [1.54, 1.807) is 10.6 Å². The van der Waals surface area contributed by atoms with Crippen molar-refractivity contribution in [2.45, 2.75) is 26.1 Å². The summed E-state index contributed by atoms with van der Waals surface area (Å²) in [6.45, 7) is 2.67. The molecule has 0 bridgehead atoms. The summed E-state index contributed by atoms with van der Waals surface area (Å²) < 4.78 is 15.2. The van der Waals surface area contributed by atoms with Crippen molar-refractivity contribution in [2.24, 2.45) is 0 Å². The molecule has 0 radical (unpaired) electrons. The Morgan fingerprint density at radius 3 is 2.52 bits per heavy atom. The van der Waals surface area contributed by atoms with Gasteiger partial charge in [0.15, 0.2) is 0 Å². The van der Waals surface area contributed by atoms with E-state index in [1.165, 1.54) is 12.1 Å². The number of carboxylic acid groups (broad SMARTS) is 1. The Bertz CT molecular complexity index is 1240. The summed E-state index contributed by atoms with van der Waals surface area (Å²) >= 11 is 6.23. The highest BCUT2D eigenvalue weighted by molar-refractivity contribution is 6.31. The Labute approximate surface area is 184 Å². The van der Waals surface area contributed by atoms with E-state index in [2.05, 4.69) is 5.32 Å². The molecule has 0 aliphatic heterocycles. The van der Waals surface area contributed by atoms with Crippen molar-refractivity contribution in [3.63, 3.8) is 0 Å². The van der Waals surface area contributed by atoms with Crippen molar-refractivity contribution in [2.75, 3.05) is 0 Å². The van der Waals surface area contributed by atoms with Gasteiger partial charge in [0.2, 0.25) is 0 Å². The average Bonchev–Trinajstić information content (AvgIpc) is 3.08. The fraction of sp³-hybridized carbons (Fsp3) is 0.160. The normalized spacial score (nSPS) is 12.2. The molecule has 1 aromatic heterocycles. The Hall–Kier alpha value is -3.15. The van der Waals surface area contributed by atoms with Crippen molar-refractivity contribution in [1.29, 1.82) is 0 Å². The lowest BCUT2D eigenvalue weighted by atomic mass is 10.1. The molecular formula is C25H22ClFN2O2. The van der Waals surface area contributed by atoms with E-state index in [1.807, 2.05) is 61.5 Å². The number of benzene rings is 3. The topological polar surface area (TPSA) is 54.3 Å². The van der Waals surface area contributed by atoms with E-state index in [0.29, 0.717) is 17.7 Å². The molecule has 0 unspecified atom stereocenters. The number of carbonyl (C=O) groups is 1. The Morgan fingerprint density at radius 1 is 1.10 bits per heavy atom. The molecule has 4 aromatic rings. The van der Waals surface area contributed by atoms with E-state index >= 15 is 0 Å². The van der Waals surface area contributed by atoms with Crippen LogP contribution in [-0.2, 0) is 13.1 Å². The van der Waals surface area contributed by atoms with Crippen LogP contribution in [0, 0.1) is 5.82 Å². The summed E-state index contributed by atoms with van der Waals surface area (Å²) in [4.78, 5) is 12.3. The molecule has 4 nitrogen and oxygen atoms in total. The third-order valence-corrected chi connectivity index (χ3v) is 5.86. The lowest BCUT2D eigenvalue weighted by Crippen LogP contribution is -2.20. The van der Waals surface area contributed by atoms with Crippen LogP contribution < -0.4 is 5.32 Å². The van der Waals surface area contributed by atoms with Gasteiger partial charge in [-0.25, -0.2) is 9.18 Å². The molecule has 1 atom stereocenters. The van der Waals surface area contributed by atoms with E-state index in [4.69, 9.17) is 11.6 Å². The molecule has 0 saturated heterocycles. The monoisotopic (exact) mass is 436 g/mol. The number of aromatic nitrogens is 1. The minimum atomic E-state index is -1.02. The summed E-state index contributed by atoms with van der Waals surface area (Å²) in [6.07, 6.45) is 0. The van der Waals surface area contributed by atoms with Crippen LogP contribution in [0.25, 0.3) is 10.9 Å². The van der Waals surface area contributed by atoms with Gasteiger partial charge in [-0.15, -0.1) is 0 Å². The molecule has 0 amide bonds. The lowest BCUT2D eigenvalue weighted by molar-refractivity contribution is 0.0684. The van der Waals surface area contributed by atoms with Crippen LogP contribution in [0.3, 0.4) is 0 Å². The summed E-state index contributed by atoms with van der Waals surface area (Å²) in [7, 11) is 0. The quantitative estimate of drug-likeness (QED) is 0.372. The standard InChI is InChI=1S/C25H22ClFN2O2/c1-16(17-7-3-2-4-8-17)28-14-21-20-9-5-6-10-23(20)29(24(21)25(30)31)15-18-11-12-19(27)13-22(18)26/h2-13,16,28H,14-15H2,1H3,(H,30,31)/t16-/m0/s1. The molecule has 4 rings (SSSR count). The van der Waals surface area contributed by atoms with Gasteiger partial charge in [0.05, 0.1) is 0 Å². The first-order valence-electron chi connectivity index (χ1n) is 10.0. The van der Waals surface area contributed by atoms with Gasteiger partial charge in [-0.1, -0.05) is 66.2 Å². The highest BCUT2D eigenvalue weighted by atomic mass is 35.5. The predicted molar refractivity (Wildman–Crippen MR) is 121 cm³/mol. The zero-order chi connectivity index (χ0) is 22.0. The van der Waals surface area contributed by atoms with Gasteiger partial charge < -0.3 is 15.0 Å². The first kappa shape index (κ1) is 21.1. The van der Waals surface area contributed by atoms with Gasteiger partial charge in [0.25, 0.3) is 0 Å². The Morgan fingerprint density at radius 2 is 1.81 bits per heavy atom. The molecule has 0 fully saturated rings. The fourth-order valence-electron chi connectivity index (χ4n) is 3.90. The van der Waals surface area contributed by atoms with Crippen LogP contribution in [0.15, 0.2) is 72.8 Å². The molecule has 0 aliphatic rings. The smallest absolute Gasteiger partial charge is 0.352 e. The average molecular weight is 437 g/mol. The Balaban J connectivity index is 1.75. The van der Waals surface area contributed by atoms with E-state index in [0.717, 1.165) is 16.5 Å². The van der Waals surface area contributed by atoms with Crippen molar-refractivity contribution < 1.29 is 14.3 Å². The molecule has 3 aromatic carbocycles. The first-order valence-corrected chi connectivity index (χ1v) is 10.4. The molecule has 0 saturated carbocycles. The van der Waals surface area contributed by atoms with Gasteiger partial charge in [-0.2, -0.15) is 0 Å². The molecule has 6 heteroatoms. The molecule has 158 valence electrons. The second-order valence-corrected chi connectivity index (χ2v) is 7.89. The summed E-state index contributed by atoms with van der Waals surface area (Å²) in [5.74, 6) is -1.44. The zero-order valence-corrected chi connectivity index (χ0v) is 17.7. The van der Waals surface area contributed by atoms with Crippen molar-refractivity contribution >= 4 is 28.5 Å². The van der Waals surface area contributed by atoms with Crippen LogP contribution >= 0.6 is 11.6 Å². The second kappa shape index (κ2) is 8.92. The number of halogens is 2. The number of aromatic carboxylic acids is 1. The van der Waals surface area contributed by atoms with E-state index in [9.17, 15) is 14.3 Å². The highest BCUT2D eigenvalue weighted by Gasteiger charge is 2.23. The molecule has 1 heterocycles. The van der Waals surface area contributed by atoms with Gasteiger partial charge in [0, 0.05) is 40.6 Å². The first-order chi connectivity index (χ1) is 15.0.